The van der Waals surface area contributed by atoms with E-state index in [1.54, 1.807) is 0 Å². The summed E-state index contributed by atoms with van der Waals surface area (Å²) < 4.78 is 5.80. The van der Waals surface area contributed by atoms with Gasteiger partial charge in [0.1, 0.15) is 6.10 Å². The van der Waals surface area contributed by atoms with Crippen molar-refractivity contribution in [2.24, 2.45) is 5.73 Å². The molecule has 2 N–H and O–H groups in total. The molecule has 0 spiro atoms. The second-order valence-corrected chi connectivity index (χ2v) is 5.40. The maximum absolute atomic E-state index is 11.2. The molecule has 1 unspecified atom stereocenters. The number of carbonyl (C=O) groups is 1. The van der Waals surface area contributed by atoms with Gasteiger partial charge in [-0.05, 0) is 24.8 Å². The molecular weight excluding hydrogens is 252 g/mol. The molecule has 0 bridgehead atoms. The van der Waals surface area contributed by atoms with Crippen LogP contribution in [0.15, 0.2) is 30.3 Å². The Balaban J connectivity index is 1.76. The van der Waals surface area contributed by atoms with E-state index in [-0.39, 0.29) is 12.0 Å². The summed E-state index contributed by atoms with van der Waals surface area (Å²) >= 11 is 0. The summed E-state index contributed by atoms with van der Waals surface area (Å²) in [5.74, 6) is -0.348. The number of nitrogens with zero attached hydrogens (tertiary/aromatic N) is 1. The second-order valence-electron chi connectivity index (χ2n) is 5.40. The molecule has 1 amide bonds. The van der Waals surface area contributed by atoms with Crippen LogP contribution in [0.5, 0.6) is 0 Å². The van der Waals surface area contributed by atoms with E-state index in [0.29, 0.717) is 6.42 Å². The lowest BCUT2D eigenvalue weighted by molar-refractivity contribution is -0.135. The largest absolute Gasteiger partial charge is 0.367 e. The predicted molar refractivity (Wildman–Crippen MR) is 79.1 cm³/mol. The summed E-state index contributed by atoms with van der Waals surface area (Å²) in [6, 6.07) is 10.5. The van der Waals surface area contributed by atoms with Crippen LogP contribution in [-0.2, 0) is 16.1 Å². The van der Waals surface area contributed by atoms with Gasteiger partial charge in [0.05, 0.1) is 6.10 Å². The van der Waals surface area contributed by atoms with Crippen LogP contribution in [-0.4, -0.2) is 36.1 Å². The highest BCUT2D eigenvalue weighted by atomic mass is 16.5. The number of benzene rings is 1. The fourth-order valence-electron chi connectivity index (χ4n) is 2.64. The van der Waals surface area contributed by atoms with Crippen LogP contribution in [0.3, 0.4) is 0 Å². The molecule has 2 rings (SSSR count). The van der Waals surface area contributed by atoms with Crippen molar-refractivity contribution < 1.29 is 9.53 Å². The SMILES string of the molecule is CCC(OC1CCN(Cc2ccccc2)CC1)C(N)=O. The van der Waals surface area contributed by atoms with Crippen LogP contribution in [0.1, 0.15) is 31.7 Å². The van der Waals surface area contributed by atoms with E-state index in [4.69, 9.17) is 10.5 Å². The van der Waals surface area contributed by atoms with Gasteiger partial charge in [-0.15, -0.1) is 0 Å². The molecule has 1 saturated heterocycles. The van der Waals surface area contributed by atoms with E-state index in [2.05, 4.69) is 29.2 Å². The van der Waals surface area contributed by atoms with Gasteiger partial charge < -0.3 is 10.5 Å². The molecule has 1 atom stereocenters. The Morgan fingerprint density at radius 1 is 1.35 bits per heavy atom. The number of nitrogens with two attached hydrogens (primary N) is 1. The maximum atomic E-state index is 11.2. The third kappa shape index (κ3) is 4.32. The van der Waals surface area contributed by atoms with E-state index < -0.39 is 6.10 Å². The molecule has 1 aromatic carbocycles. The molecule has 4 nitrogen and oxygen atoms in total. The Labute approximate surface area is 120 Å². The highest BCUT2D eigenvalue weighted by Gasteiger charge is 2.24. The lowest BCUT2D eigenvalue weighted by atomic mass is 10.1. The Morgan fingerprint density at radius 3 is 2.55 bits per heavy atom. The van der Waals surface area contributed by atoms with Crippen molar-refractivity contribution in [3.05, 3.63) is 35.9 Å². The van der Waals surface area contributed by atoms with E-state index in [1.165, 1.54) is 5.56 Å². The molecule has 20 heavy (non-hydrogen) atoms. The molecule has 1 heterocycles. The van der Waals surface area contributed by atoms with Crippen LogP contribution in [0.4, 0.5) is 0 Å². The lowest BCUT2D eigenvalue weighted by Crippen LogP contribution is -2.40. The van der Waals surface area contributed by atoms with Gasteiger partial charge in [-0.3, -0.25) is 9.69 Å². The number of carbonyl (C=O) groups excluding carboxylic acids is 1. The number of amides is 1. The van der Waals surface area contributed by atoms with Gasteiger partial charge in [-0.2, -0.15) is 0 Å². The number of piperidine rings is 1. The molecule has 1 aromatic rings. The van der Waals surface area contributed by atoms with Gasteiger partial charge >= 0.3 is 0 Å². The molecule has 0 aliphatic carbocycles. The van der Waals surface area contributed by atoms with Gasteiger partial charge in [0.25, 0.3) is 0 Å². The normalized spacial score (nSPS) is 18.9. The summed E-state index contributed by atoms with van der Waals surface area (Å²) in [6.45, 7) is 4.93. The molecule has 0 aromatic heterocycles. The van der Waals surface area contributed by atoms with Crippen molar-refractivity contribution in [1.29, 1.82) is 0 Å². The quantitative estimate of drug-likeness (QED) is 0.864. The molecule has 0 saturated carbocycles. The van der Waals surface area contributed by atoms with Crippen molar-refractivity contribution in [2.75, 3.05) is 13.1 Å². The molecule has 1 aliphatic heterocycles. The van der Waals surface area contributed by atoms with Crippen LogP contribution < -0.4 is 5.73 Å². The standard InChI is InChI=1S/C16H24N2O2/c1-2-15(16(17)19)20-14-8-10-18(11-9-14)12-13-6-4-3-5-7-13/h3-7,14-15H,2,8-12H2,1H3,(H2,17,19). The minimum absolute atomic E-state index is 0.166. The first-order chi connectivity index (χ1) is 9.69. The molecule has 110 valence electrons. The van der Waals surface area contributed by atoms with Crippen LogP contribution in [0.2, 0.25) is 0 Å². The van der Waals surface area contributed by atoms with Gasteiger partial charge in [0.15, 0.2) is 0 Å². The van der Waals surface area contributed by atoms with E-state index in [0.717, 1.165) is 32.5 Å². The number of hydrogen-bond donors (Lipinski definition) is 1. The van der Waals surface area contributed by atoms with Gasteiger partial charge in [-0.1, -0.05) is 37.3 Å². The fraction of sp³-hybridized carbons (Fsp3) is 0.562. The third-order valence-electron chi connectivity index (χ3n) is 3.83. The summed E-state index contributed by atoms with van der Waals surface area (Å²) in [5.41, 5.74) is 6.66. The Hall–Kier alpha value is -1.39. The summed E-state index contributed by atoms with van der Waals surface area (Å²) in [5, 5.41) is 0. The van der Waals surface area contributed by atoms with E-state index in [9.17, 15) is 4.79 Å². The van der Waals surface area contributed by atoms with Crippen molar-refractivity contribution in [3.8, 4) is 0 Å². The van der Waals surface area contributed by atoms with Crippen molar-refractivity contribution in [3.63, 3.8) is 0 Å². The number of primary amides is 1. The first-order valence-electron chi connectivity index (χ1n) is 7.40. The van der Waals surface area contributed by atoms with Crippen molar-refractivity contribution >= 4 is 5.91 Å². The van der Waals surface area contributed by atoms with Crippen LogP contribution >= 0.6 is 0 Å². The second kappa shape index (κ2) is 7.41. The number of ether oxygens (including phenoxy) is 1. The minimum atomic E-state index is -0.430. The zero-order valence-electron chi connectivity index (χ0n) is 12.1. The number of likely N-dealkylation sites (tertiary alicyclic amines) is 1. The molecular formula is C16H24N2O2. The smallest absolute Gasteiger partial charge is 0.246 e. The van der Waals surface area contributed by atoms with Crippen molar-refractivity contribution in [2.45, 2.75) is 44.9 Å². The average molecular weight is 276 g/mol. The first-order valence-corrected chi connectivity index (χ1v) is 7.40. The zero-order valence-corrected chi connectivity index (χ0v) is 12.1. The third-order valence-corrected chi connectivity index (χ3v) is 3.83. The van der Waals surface area contributed by atoms with Crippen molar-refractivity contribution in [1.82, 2.24) is 4.90 Å². The summed E-state index contributed by atoms with van der Waals surface area (Å²) in [7, 11) is 0. The van der Waals surface area contributed by atoms with E-state index >= 15 is 0 Å². The lowest BCUT2D eigenvalue weighted by Gasteiger charge is -2.33. The molecule has 0 radical (unpaired) electrons. The fourth-order valence-corrected chi connectivity index (χ4v) is 2.64. The summed E-state index contributed by atoms with van der Waals surface area (Å²) in [6.07, 6.45) is 2.33. The van der Waals surface area contributed by atoms with Crippen LogP contribution in [0.25, 0.3) is 0 Å². The van der Waals surface area contributed by atoms with Gasteiger partial charge in [0, 0.05) is 19.6 Å². The highest BCUT2D eigenvalue weighted by Crippen LogP contribution is 2.18. The van der Waals surface area contributed by atoms with E-state index in [1.807, 2.05) is 13.0 Å². The Kier molecular flexibility index (Phi) is 5.56. The number of hydrogen-bond acceptors (Lipinski definition) is 3. The maximum Gasteiger partial charge on any atom is 0.246 e. The predicted octanol–water partition coefficient (Wildman–Crippen LogP) is 1.93. The summed E-state index contributed by atoms with van der Waals surface area (Å²) in [4.78, 5) is 13.6. The topological polar surface area (TPSA) is 55.6 Å². The average Bonchev–Trinajstić information content (AvgIpc) is 2.47. The first kappa shape index (κ1) is 15.0. The molecule has 4 heteroatoms. The monoisotopic (exact) mass is 276 g/mol. The Bertz CT molecular complexity index is 414. The molecule has 1 aliphatic rings. The van der Waals surface area contributed by atoms with Crippen LogP contribution in [0, 0.1) is 0 Å². The number of rotatable bonds is 6. The minimum Gasteiger partial charge on any atom is -0.367 e. The Morgan fingerprint density at radius 2 is 2.00 bits per heavy atom. The zero-order chi connectivity index (χ0) is 14.4. The van der Waals surface area contributed by atoms with Gasteiger partial charge in [0.2, 0.25) is 5.91 Å². The highest BCUT2D eigenvalue weighted by molar-refractivity contribution is 5.78. The molecule has 1 fully saturated rings. The van der Waals surface area contributed by atoms with Gasteiger partial charge in [-0.25, -0.2) is 0 Å².